The highest BCUT2D eigenvalue weighted by molar-refractivity contribution is 5.73. The quantitative estimate of drug-likeness (QED) is 0.483. The van der Waals surface area contributed by atoms with Gasteiger partial charge in [0.15, 0.2) is 5.03 Å². The molecule has 1 aromatic carbocycles. The molecule has 0 aliphatic heterocycles. The maximum atomic E-state index is 11.1. The van der Waals surface area contributed by atoms with Gasteiger partial charge in [-0.3, -0.25) is 4.79 Å². The summed E-state index contributed by atoms with van der Waals surface area (Å²) in [5.41, 5.74) is -0.123. The minimum atomic E-state index is -0.758. The zero-order valence-corrected chi connectivity index (χ0v) is 6.95. The number of para-hydroxylation sites is 2. The van der Waals surface area contributed by atoms with Gasteiger partial charge in [0.25, 0.3) is 0 Å². The SMILES string of the molecule is O=c1cnc2ccccc2n1[N+](=O)[O-]. The van der Waals surface area contributed by atoms with Crippen molar-refractivity contribution in [1.29, 1.82) is 0 Å². The standard InChI is InChI=1S/C8H5N3O3/c12-8-5-9-6-3-1-2-4-7(6)10(8)11(13)14/h1-5H. The summed E-state index contributed by atoms with van der Waals surface area (Å²) in [6.45, 7) is 0. The molecule has 6 nitrogen and oxygen atoms in total. The van der Waals surface area contributed by atoms with Crippen molar-refractivity contribution < 1.29 is 5.03 Å². The molecule has 0 spiro atoms. The van der Waals surface area contributed by atoms with E-state index < -0.39 is 10.6 Å². The van der Waals surface area contributed by atoms with Gasteiger partial charge >= 0.3 is 5.56 Å². The van der Waals surface area contributed by atoms with E-state index in [1.54, 1.807) is 18.2 Å². The number of fused-ring (bicyclic) bond motifs is 1. The molecule has 0 bridgehead atoms. The van der Waals surface area contributed by atoms with Gasteiger partial charge in [0.2, 0.25) is 0 Å². The number of hydrogen-bond acceptors (Lipinski definition) is 4. The first-order valence-electron chi connectivity index (χ1n) is 3.81. The largest absolute Gasteiger partial charge is 0.330 e. The van der Waals surface area contributed by atoms with Gasteiger partial charge in [-0.1, -0.05) is 12.1 Å². The van der Waals surface area contributed by atoms with Crippen LogP contribution in [0.5, 0.6) is 0 Å². The Bertz CT molecular complexity index is 561. The molecule has 2 rings (SSSR count). The highest BCUT2D eigenvalue weighted by atomic mass is 16.7. The summed E-state index contributed by atoms with van der Waals surface area (Å²) < 4.78 is 0.475. The Balaban J connectivity index is 2.97. The van der Waals surface area contributed by atoms with Crippen LogP contribution in [0.4, 0.5) is 0 Å². The first-order valence-corrected chi connectivity index (χ1v) is 3.81. The highest BCUT2D eigenvalue weighted by Gasteiger charge is 2.11. The topological polar surface area (TPSA) is 78.0 Å². The van der Waals surface area contributed by atoms with E-state index in [0.29, 0.717) is 10.2 Å². The zero-order valence-electron chi connectivity index (χ0n) is 6.95. The van der Waals surface area contributed by atoms with E-state index in [1.807, 2.05) is 0 Å². The van der Waals surface area contributed by atoms with Crippen LogP contribution in [-0.2, 0) is 0 Å². The van der Waals surface area contributed by atoms with Crippen molar-refractivity contribution in [2.24, 2.45) is 0 Å². The third-order valence-electron chi connectivity index (χ3n) is 1.80. The molecule has 70 valence electrons. The van der Waals surface area contributed by atoms with E-state index in [-0.39, 0.29) is 5.52 Å². The van der Waals surface area contributed by atoms with Crippen LogP contribution in [0.3, 0.4) is 0 Å². The Kier molecular flexibility index (Phi) is 1.74. The number of nitro groups is 1. The average Bonchev–Trinajstić information content (AvgIpc) is 2.17. The number of benzene rings is 1. The molecule has 0 fully saturated rings. The Hall–Kier alpha value is -2.24. The lowest BCUT2D eigenvalue weighted by atomic mass is 10.3. The van der Waals surface area contributed by atoms with E-state index in [0.717, 1.165) is 6.20 Å². The molecule has 0 saturated heterocycles. The maximum absolute atomic E-state index is 11.1. The average molecular weight is 191 g/mol. The molecule has 6 heteroatoms. The normalized spacial score (nSPS) is 10.3. The van der Waals surface area contributed by atoms with Gasteiger partial charge in [-0.15, -0.1) is 0 Å². The van der Waals surface area contributed by atoms with E-state index in [9.17, 15) is 14.9 Å². The van der Waals surface area contributed by atoms with Gasteiger partial charge in [0.1, 0.15) is 5.52 Å². The molecule has 0 aliphatic rings. The minimum Gasteiger partial charge on any atom is -0.261 e. The van der Waals surface area contributed by atoms with Gasteiger partial charge in [-0.25, -0.2) is 15.1 Å². The number of rotatable bonds is 1. The lowest BCUT2D eigenvalue weighted by molar-refractivity contribution is -0.540. The van der Waals surface area contributed by atoms with Gasteiger partial charge in [0, 0.05) is 0 Å². The molecular weight excluding hydrogens is 186 g/mol. The van der Waals surface area contributed by atoms with Gasteiger partial charge in [0.05, 0.1) is 11.7 Å². The van der Waals surface area contributed by atoms with Crippen molar-refractivity contribution in [2.75, 3.05) is 0 Å². The third-order valence-corrected chi connectivity index (χ3v) is 1.80. The van der Waals surface area contributed by atoms with Gasteiger partial charge in [-0.05, 0) is 16.8 Å². The molecule has 2 aromatic rings. The number of aromatic nitrogens is 2. The van der Waals surface area contributed by atoms with Gasteiger partial charge in [-0.2, -0.15) is 0 Å². The molecule has 1 aromatic heterocycles. The Morgan fingerprint density at radius 2 is 2.07 bits per heavy atom. The Morgan fingerprint density at radius 1 is 1.36 bits per heavy atom. The van der Waals surface area contributed by atoms with Crippen LogP contribution in [0.15, 0.2) is 35.3 Å². The second-order valence-electron chi connectivity index (χ2n) is 2.63. The summed E-state index contributed by atoms with van der Waals surface area (Å²) in [4.78, 5) is 25.5. The molecule has 14 heavy (non-hydrogen) atoms. The summed E-state index contributed by atoms with van der Waals surface area (Å²) >= 11 is 0. The molecule has 1 heterocycles. The van der Waals surface area contributed by atoms with Crippen LogP contribution >= 0.6 is 0 Å². The highest BCUT2D eigenvalue weighted by Crippen LogP contribution is 2.06. The second-order valence-corrected chi connectivity index (χ2v) is 2.63. The maximum Gasteiger partial charge on any atom is 0.330 e. The lowest BCUT2D eigenvalue weighted by Crippen LogP contribution is -2.26. The molecule has 0 saturated carbocycles. The first kappa shape index (κ1) is 8.36. The Morgan fingerprint density at radius 3 is 2.79 bits per heavy atom. The van der Waals surface area contributed by atoms with E-state index in [4.69, 9.17) is 0 Å². The summed E-state index contributed by atoms with van der Waals surface area (Å²) in [6, 6.07) is 6.40. The predicted octanol–water partition coefficient (Wildman–Crippen LogP) is 0.436. The van der Waals surface area contributed by atoms with Crippen LogP contribution in [0.1, 0.15) is 0 Å². The van der Waals surface area contributed by atoms with Crippen molar-refractivity contribution >= 4 is 11.0 Å². The summed E-state index contributed by atoms with van der Waals surface area (Å²) in [7, 11) is 0. The summed E-state index contributed by atoms with van der Waals surface area (Å²) in [5, 5.41) is 9.82. The van der Waals surface area contributed by atoms with Crippen LogP contribution in [0, 0.1) is 10.1 Å². The fraction of sp³-hybridized carbons (Fsp3) is 0. The number of nitrogens with zero attached hydrogens (tertiary/aromatic N) is 3. The van der Waals surface area contributed by atoms with Crippen molar-refractivity contribution in [3.05, 3.63) is 50.9 Å². The fourth-order valence-corrected chi connectivity index (χ4v) is 1.22. The van der Waals surface area contributed by atoms with Crippen molar-refractivity contribution in [3.8, 4) is 0 Å². The predicted molar refractivity (Wildman–Crippen MR) is 48.4 cm³/mol. The Labute approximate surface area is 77.5 Å². The lowest BCUT2D eigenvalue weighted by Gasteiger charge is -1.98. The molecule has 0 radical (unpaired) electrons. The first-order chi connectivity index (χ1) is 6.70. The molecule has 0 aliphatic carbocycles. The van der Waals surface area contributed by atoms with E-state index in [1.165, 1.54) is 6.07 Å². The van der Waals surface area contributed by atoms with Gasteiger partial charge < -0.3 is 0 Å². The third kappa shape index (κ3) is 1.13. The van der Waals surface area contributed by atoms with Crippen molar-refractivity contribution in [1.82, 2.24) is 9.66 Å². The fourth-order valence-electron chi connectivity index (χ4n) is 1.22. The van der Waals surface area contributed by atoms with Crippen LogP contribution < -0.4 is 5.56 Å². The van der Waals surface area contributed by atoms with Crippen molar-refractivity contribution in [3.63, 3.8) is 0 Å². The molecule has 0 amide bonds. The molecule has 0 atom stereocenters. The van der Waals surface area contributed by atoms with E-state index in [2.05, 4.69) is 4.98 Å². The van der Waals surface area contributed by atoms with Crippen LogP contribution in [0.2, 0.25) is 0 Å². The molecular formula is C8H5N3O3. The summed E-state index contributed by atoms with van der Waals surface area (Å²) in [5.74, 6) is 0. The van der Waals surface area contributed by atoms with E-state index >= 15 is 0 Å². The molecule has 0 N–H and O–H groups in total. The van der Waals surface area contributed by atoms with Crippen LogP contribution in [0.25, 0.3) is 11.0 Å². The smallest absolute Gasteiger partial charge is 0.261 e. The zero-order chi connectivity index (χ0) is 10.1. The monoisotopic (exact) mass is 191 g/mol. The summed E-state index contributed by atoms with van der Waals surface area (Å²) in [6.07, 6.45) is 0.936. The second kappa shape index (κ2) is 2.91. The van der Waals surface area contributed by atoms with Crippen LogP contribution in [-0.4, -0.2) is 14.7 Å². The minimum absolute atomic E-state index is 0.199. The number of hydrogen-bond donors (Lipinski definition) is 0. The van der Waals surface area contributed by atoms with Crippen molar-refractivity contribution in [2.45, 2.75) is 0 Å². The molecule has 0 unspecified atom stereocenters.